The maximum atomic E-state index is 12.8. The Morgan fingerprint density at radius 3 is 2.40 bits per heavy atom. The number of nitrogens with zero attached hydrogens (tertiary/aromatic N) is 1. The molecule has 1 heterocycles. The van der Waals surface area contributed by atoms with Gasteiger partial charge in [-0.2, -0.15) is 4.31 Å². The summed E-state index contributed by atoms with van der Waals surface area (Å²) in [5.74, 6) is 0.675. The minimum atomic E-state index is -3.48. The quantitative estimate of drug-likeness (QED) is 0.916. The Hall–Kier alpha value is -1.11. The van der Waals surface area contributed by atoms with Crippen molar-refractivity contribution < 1.29 is 13.2 Å². The highest BCUT2D eigenvalue weighted by atomic mass is 32.2. The predicted molar refractivity (Wildman–Crippen MR) is 78.4 cm³/mol. The number of hydrogen-bond donors (Lipinski definition) is 1. The Kier molecular flexibility index (Phi) is 4.36. The Balaban J connectivity index is 2.44. The number of nitrogens with two attached hydrogens (primary N) is 1. The Labute approximate surface area is 120 Å². The summed E-state index contributed by atoms with van der Waals surface area (Å²) in [6, 6.07) is 3.44. The van der Waals surface area contributed by atoms with E-state index in [2.05, 4.69) is 0 Å². The molecule has 112 valence electrons. The Bertz CT molecular complexity index is 575. The van der Waals surface area contributed by atoms with Crippen molar-refractivity contribution in [1.82, 2.24) is 4.31 Å². The van der Waals surface area contributed by atoms with Crippen molar-refractivity contribution >= 4 is 10.0 Å². The molecule has 0 aromatic heterocycles. The molecule has 2 N–H and O–H groups in total. The van der Waals surface area contributed by atoms with Crippen molar-refractivity contribution in [3.63, 3.8) is 0 Å². The molecule has 1 aliphatic rings. The van der Waals surface area contributed by atoms with Gasteiger partial charge in [-0.1, -0.05) is 0 Å². The Morgan fingerprint density at radius 2 is 1.90 bits per heavy atom. The third kappa shape index (κ3) is 2.82. The first-order valence-corrected chi connectivity index (χ1v) is 8.21. The largest absolute Gasteiger partial charge is 0.497 e. The SMILES string of the molecule is COc1cc(C)c(S(=O)(=O)N2CCC[C@H](N)C2)c(C)c1. The zero-order chi connectivity index (χ0) is 14.9. The lowest BCUT2D eigenvalue weighted by atomic mass is 10.1. The number of rotatable bonds is 3. The summed E-state index contributed by atoms with van der Waals surface area (Å²) in [6.07, 6.45) is 1.70. The van der Waals surface area contributed by atoms with Gasteiger partial charge in [0, 0.05) is 19.1 Å². The molecule has 0 bridgehead atoms. The molecule has 1 atom stereocenters. The first-order valence-electron chi connectivity index (χ1n) is 6.77. The van der Waals surface area contributed by atoms with Gasteiger partial charge >= 0.3 is 0 Å². The summed E-state index contributed by atoms with van der Waals surface area (Å²) in [4.78, 5) is 0.382. The number of methoxy groups -OCH3 is 1. The van der Waals surface area contributed by atoms with Crippen LogP contribution in [0.4, 0.5) is 0 Å². The van der Waals surface area contributed by atoms with E-state index in [4.69, 9.17) is 10.5 Å². The molecule has 0 aliphatic carbocycles. The van der Waals surface area contributed by atoms with Gasteiger partial charge in [-0.15, -0.1) is 0 Å². The summed E-state index contributed by atoms with van der Waals surface area (Å²) in [5.41, 5.74) is 7.31. The fourth-order valence-electron chi connectivity index (χ4n) is 2.76. The van der Waals surface area contributed by atoms with E-state index >= 15 is 0 Å². The van der Waals surface area contributed by atoms with Crippen LogP contribution < -0.4 is 10.5 Å². The Morgan fingerprint density at radius 1 is 1.30 bits per heavy atom. The molecule has 0 spiro atoms. The number of aryl methyl sites for hydroxylation is 2. The number of ether oxygens (including phenoxy) is 1. The van der Waals surface area contributed by atoms with Gasteiger partial charge in [0.25, 0.3) is 0 Å². The molecular formula is C14H22N2O3S. The lowest BCUT2D eigenvalue weighted by Gasteiger charge is -2.30. The molecule has 1 aliphatic heterocycles. The monoisotopic (exact) mass is 298 g/mol. The van der Waals surface area contributed by atoms with Gasteiger partial charge in [0.05, 0.1) is 12.0 Å². The van der Waals surface area contributed by atoms with Gasteiger partial charge in [-0.3, -0.25) is 0 Å². The average Bonchev–Trinajstić information content (AvgIpc) is 2.37. The molecule has 20 heavy (non-hydrogen) atoms. The molecule has 1 aromatic carbocycles. The lowest BCUT2D eigenvalue weighted by Crippen LogP contribution is -2.45. The third-order valence-electron chi connectivity index (χ3n) is 3.69. The van der Waals surface area contributed by atoms with Crippen LogP contribution >= 0.6 is 0 Å². The zero-order valence-corrected chi connectivity index (χ0v) is 13.0. The van der Waals surface area contributed by atoms with Crippen molar-refractivity contribution in [1.29, 1.82) is 0 Å². The van der Waals surface area contributed by atoms with E-state index in [1.165, 1.54) is 4.31 Å². The topological polar surface area (TPSA) is 72.6 Å². The van der Waals surface area contributed by atoms with Crippen LogP contribution in [0, 0.1) is 13.8 Å². The van der Waals surface area contributed by atoms with Crippen LogP contribution in [0.1, 0.15) is 24.0 Å². The first kappa shape index (κ1) is 15.3. The van der Waals surface area contributed by atoms with Crippen LogP contribution in [0.2, 0.25) is 0 Å². The van der Waals surface area contributed by atoms with Crippen LogP contribution in [0.15, 0.2) is 17.0 Å². The fraction of sp³-hybridized carbons (Fsp3) is 0.571. The lowest BCUT2D eigenvalue weighted by molar-refractivity contribution is 0.316. The van der Waals surface area contributed by atoms with Gasteiger partial charge in [0.2, 0.25) is 10.0 Å². The molecule has 0 unspecified atom stereocenters. The van der Waals surface area contributed by atoms with Gasteiger partial charge in [-0.05, 0) is 49.9 Å². The highest BCUT2D eigenvalue weighted by Crippen LogP contribution is 2.29. The fourth-order valence-corrected chi connectivity index (χ4v) is 4.70. The summed E-state index contributed by atoms with van der Waals surface area (Å²) < 4.78 is 32.3. The molecule has 0 radical (unpaired) electrons. The van der Waals surface area contributed by atoms with E-state index in [1.807, 2.05) is 0 Å². The van der Waals surface area contributed by atoms with Crippen molar-refractivity contribution in [3.8, 4) is 5.75 Å². The normalized spacial score (nSPS) is 20.9. The molecule has 2 rings (SSSR count). The van der Waals surface area contributed by atoms with Crippen molar-refractivity contribution in [2.45, 2.75) is 37.6 Å². The van der Waals surface area contributed by atoms with E-state index in [1.54, 1.807) is 33.1 Å². The van der Waals surface area contributed by atoms with Gasteiger partial charge < -0.3 is 10.5 Å². The van der Waals surface area contributed by atoms with Gasteiger partial charge in [0.15, 0.2) is 0 Å². The highest BCUT2D eigenvalue weighted by molar-refractivity contribution is 7.89. The van der Waals surface area contributed by atoms with Crippen molar-refractivity contribution in [2.24, 2.45) is 5.73 Å². The smallest absolute Gasteiger partial charge is 0.243 e. The summed E-state index contributed by atoms with van der Waals surface area (Å²) >= 11 is 0. The number of sulfonamides is 1. The third-order valence-corrected chi connectivity index (χ3v) is 5.86. The molecule has 0 amide bonds. The first-order chi connectivity index (χ1) is 9.36. The number of hydrogen-bond acceptors (Lipinski definition) is 4. The number of benzene rings is 1. The van der Waals surface area contributed by atoms with Gasteiger partial charge in [0.1, 0.15) is 5.75 Å². The van der Waals surface area contributed by atoms with Crippen LogP contribution in [0.5, 0.6) is 5.75 Å². The average molecular weight is 298 g/mol. The summed E-state index contributed by atoms with van der Waals surface area (Å²) in [6.45, 7) is 4.53. The van der Waals surface area contributed by atoms with Crippen molar-refractivity contribution in [3.05, 3.63) is 23.3 Å². The second-order valence-corrected chi connectivity index (χ2v) is 7.23. The highest BCUT2D eigenvalue weighted by Gasteiger charge is 2.31. The summed E-state index contributed by atoms with van der Waals surface area (Å²) in [5, 5.41) is 0. The van der Waals surface area contributed by atoms with Crippen LogP contribution in [-0.2, 0) is 10.0 Å². The molecule has 1 fully saturated rings. The van der Waals surface area contributed by atoms with E-state index in [9.17, 15) is 8.42 Å². The molecule has 1 aromatic rings. The van der Waals surface area contributed by atoms with Crippen LogP contribution in [0.25, 0.3) is 0 Å². The molecule has 1 saturated heterocycles. The molecular weight excluding hydrogens is 276 g/mol. The molecule has 0 saturated carbocycles. The van der Waals surface area contributed by atoms with E-state index in [-0.39, 0.29) is 6.04 Å². The maximum absolute atomic E-state index is 12.8. The molecule has 5 nitrogen and oxygen atoms in total. The minimum absolute atomic E-state index is 0.0719. The van der Waals surface area contributed by atoms with E-state index < -0.39 is 10.0 Å². The van der Waals surface area contributed by atoms with Crippen molar-refractivity contribution in [2.75, 3.05) is 20.2 Å². The standard InChI is InChI=1S/C14H22N2O3S/c1-10-7-13(19-3)8-11(2)14(10)20(17,18)16-6-4-5-12(15)9-16/h7-8,12H,4-6,9,15H2,1-3H3/t12-/m0/s1. The maximum Gasteiger partial charge on any atom is 0.243 e. The summed E-state index contributed by atoms with van der Waals surface area (Å²) in [7, 11) is -1.91. The predicted octanol–water partition coefficient (Wildman–Crippen LogP) is 1.42. The zero-order valence-electron chi connectivity index (χ0n) is 12.2. The minimum Gasteiger partial charge on any atom is -0.497 e. The second kappa shape index (κ2) is 5.71. The second-order valence-electron chi connectivity index (χ2n) is 5.36. The van der Waals surface area contributed by atoms with E-state index in [0.717, 1.165) is 12.8 Å². The van der Waals surface area contributed by atoms with Crippen LogP contribution in [0.3, 0.4) is 0 Å². The number of piperidine rings is 1. The van der Waals surface area contributed by atoms with E-state index in [0.29, 0.717) is 34.9 Å². The van der Waals surface area contributed by atoms with Crippen LogP contribution in [-0.4, -0.2) is 39.0 Å². The molecule has 6 heteroatoms. The van der Waals surface area contributed by atoms with Gasteiger partial charge in [-0.25, -0.2) is 8.42 Å².